The maximum Gasteiger partial charge on any atom is 0.223 e. The number of phenols is 1. The third kappa shape index (κ3) is 4.04. The molecule has 1 atom stereocenters. The summed E-state index contributed by atoms with van der Waals surface area (Å²) in [4.78, 5) is 13.7. The number of thioether (sulfide) groups is 1. The minimum Gasteiger partial charge on any atom is -0.508 e. The van der Waals surface area contributed by atoms with E-state index in [4.69, 9.17) is 4.98 Å². The van der Waals surface area contributed by atoms with Gasteiger partial charge in [-0.3, -0.25) is 0 Å². The predicted molar refractivity (Wildman–Crippen MR) is 121 cm³/mol. The van der Waals surface area contributed by atoms with Crippen molar-refractivity contribution in [2.45, 2.75) is 17.8 Å². The van der Waals surface area contributed by atoms with Crippen LogP contribution in [-0.4, -0.2) is 42.0 Å². The van der Waals surface area contributed by atoms with Crippen LogP contribution in [0, 0.1) is 5.82 Å². The van der Waals surface area contributed by atoms with Crippen molar-refractivity contribution in [2.24, 2.45) is 0 Å². The molecule has 0 radical (unpaired) electrons. The smallest absolute Gasteiger partial charge is 0.223 e. The molecule has 3 N–H and O–H groups in total. The number of anilines is 1. The Morgan fingerprint density at radius 3 is 2.62 bits per heavy atom. The van der Waals surface area contributed by atoms with Crippen LogP contribution in [-0.2, 0) is 6.54 Å². The first-order valence-electron chi connectivity index (χ1n) is 10.1. The third-order valence-electron chi connectivity index (χ3n) is 5.23. The summed E-state index contributed by atoms with van der Waals surface area (Å²) in [6.07, 6.45) is 0.877. The van der Waals surface area contributed by atoms with Crippen LogP contribution in [0.3, 0.4) is 0 Å². The Balaban J connectivity index is 1.43. The van der Waals surface area contributed by atoms with Gasteiger partial charge in [-0.1, -0.05) is 23.9 Å². The number of halogens is 1. The molecular weight excluding hydrogens is 429 g/mol. The van der Waals surface area contributed by atoms with E-state index in [2.05, 4.69) is 19.9 Å². The first kappa shape index (κ1) is 20.5. The van der Waals surface area contributed by atoms with Gasteiger partial charge in [-0.2, -0.15) is 0 Å². The van der Waals surface area contributed by atoms with Crippen LogP contribution in [0.1, 0.15) is 11.7 Å². The molecule has 1 aliphatic heterocycles. The van der Waals surface area contributed by atoms with Crippen molar-refractivity contribution in [1.82, 2.24) is 19.5 Å². The highest BCUT2D eigenvalue weighted by atomic mass is 32.2. The van der Waals surface area contributed by atoms with E-state index < -0.39 is 6.10 Å². The summed E-state index contributed by atoms with van der Waals surface area (Å²) in [7, 11) is 0. The molecule has 0 amide bonds. The van der Waals surface area contributed by atoms with Crippen molar-refractivity contribution in [3.8, 4) is 28.4 Å². The summed E-state index contributed by atoms with van der Waals surface area (Å²) in [5.74, 6) is 1.17. The van der Waals surface area contributed by atoms with E-state index in [1.54, 1.807) is 42.2 Å². The largest absolute Gasteiger partial charge is 0.508 e. The second kappa shape index (κ2) is 8.60. The SMILES string of the molecule is Oc1ccc(C(O)CNc2nccc(-c3c(-c4ccc(F)cc4)nc4n3CCS4)n2)cc1. The molecule has 0 saturated carbocycles. The van der Waals surface area contributed by atoms with E-state index in [9.17, 15) is 14.6 Å². The zero-order valence-electron chi connectivity index (χ0n) is 16.9. The van der Waals surface area contributed by atoms with E-state index in [-0.39, 0.29) is 18.1 Å². The molecule has 32 heavy (non-hydrogen) atoms. The summed E-state index contributed by atoms with van der Waals surface area (Å²) in [5.41, 5.74) is 3.81. The molecule has 0 aliphatic carbocycles. The van der Waals surface area contributed by atoms with Crippen molar-refractivity contribution in [3.05, 3.63) is 72.2 Å². The fourth-order valence-corrected chi connectivity index (χ4v) is 4.58. The number of benzene rings is 2. The predicted octanol–water partition coefficient (Wildman–Crippen LogP) is 4.10. The number of nitrogens with zero attached hydrogens (tertiary/aromatic N) is 4. The van der Waals surface area contributed by atoms with Crippen molar-refractivity contribution < 1.29 is 14.6 Å². The first-order valence-corrected chi connectivity index (χ1v) is 11.1. The summed E-state index contributed by atoms with van der Waals surface area (Å²) in [6.45, 7) is 1.02. The monoisotopic (exact) mass is 449 g/mol. The topological polar surface area (TPSA) is 96.1 Å². The zero-order chi connectivity index (χ0) is 22.1. The quantitative estimate of drug-likeness (QED) is 0.408. The number of hydrogen-bond donors (Lipinski definition) is 3. The number of aromatic hydroxyl groups is 1. The van der Waals surface area contributed by atoms with Gasteiger partial charge in [0, 0.05) is 30.6 Å². The Morgan fingerprint density at radius 1 is 1.06 bits per heavy atom. The molecule has 5 rings (SSSR count). The number of rotatable bonds is 6. The van der Waals surface area contributed by atoms with Crippen LogP contribution in [0.25, 0.3) is 22.6 Å². The fraction of sp³-hybridized carbons (Fsp3) is 0.174. The molecule has 7 nitrogen and oxygen atoms in total. The number of imidazole rings is 1. The summed E-state index contributed by atoms with van der Waals surface area (Å²) < 4.78 is 15.6. The molecule has 0 saturated heterocycles. The molecule has 1 aliphatic rings. The molecule has 0 fully saturated rings. The average Bonchev–Trinajstić information content (AvgIpc) is 3.40. The molecule has 2 aromatic heterocycles. The van der Waals surface area contributed by atoms with Crippen LogP contribution in [0.2, 0.25) is 0 Å². The molecular formula is C23H20FN5O2S. The molecule has 0 bridgehead atoms. The fourth-order valence-electron chi connectivity index (χ4n) is 3.62. The molecule has 162 valence electrons. The van der Waals surface area contributed by atoms with Crippen LogP contribution in [0.4, 0.5) is 10.3 Å². The minimum atomic E-state index is -0.784. The van der Waals surface area contributed by atoms with Gasteiger partial charge in [0.15, 0.2) is 5.16 Å². The number of aromatic nitrogens is 4. The van der Waals surface area contributed by atoms with Crippen LogP contribution >= 0.6 is 11.8 Å². The van der Waals surface area contributed by atoms with Crippen LogP contribution < -0.4 is 5.32 Å². The number of aliphatic hydroxyl groups excluding tert-OH is 1. The van der Waals surface area contributed by atoms with E-state index in [0.717, 1.165) is 34.4 Å². The highest BCUT2D eigenvalue weighted by molar-refractivity contribution is 7.99. The van der Waals surface area contributed by atoms with E-state index in [1.165, 1.54) is 24.3 Å². The molecule has 9 heteroatoms. The molecule has 0 spiro atoms. The van der Waals surface area contributed by atoms with Crippen molar-refractivity contribution in [2.75, 3.05) is 17.6 Å². The lowest BCUT2D eigenvalue weighted by molar-refractivity contribution is 0.191. The van der Waals surface area contributed by atoms with Gasteiger partial charge in [-0.25, -0.2) is 19.3 Å². The van der Waals surface area contributed by atoms with Crippen LogP contribution in [0.15, 0.2) is 66.0 Å². The lowest BCUT2D eigenvalue weighted by atomic mass is 10.1. The Hall–Kier alpha value is -3.43. The zero-order valence-corrected chi connectivity index (χ0v) is 17.8. The normalized spacial score (nSPS) is 13.7. The summed E-state index contributed by atoms with van der Waals surface area (Å²) in [5, 5.41) is 23.8. The number of aliphatic hydroxyl groups is 1. The number of fused-ring (bicyclic) bond motifs is 1. The maximum atomic E-state index is 13.4. The minimum absolute atomic E-state index is 0.147. The van der Waals surface area contributed by atoms with E-state index >= 15 is 0 Å². The van der Waals surface area contributed by atoms with Crippen molar-refractivity contribution in [1.29, 1.82) is 0 Å². The number of phenolic OH excluding ortho intramolecular Hbond substituents is 1. The van der Waals surface area contributed by atoms with Gasteiger partial charge in [0.05, 0.1) is 23.2 Å². The molecule has 4 aromatic rings. The van der Waals surface area contributed by atoms with Gasteiger partial charge >= 0.3 is 0 Å². The van der Waals surface area contributed by atoms with Crippen molar-refractivity contribution in [3.63, 3.8) is 0 Å². The van der Waals surface area contributed by atoms with Gasteiger partial charge in [0.2, 0.25) is 5.95 Å². The average molecular weight is 450 g/mol. The highest BCUT2D eigenvalue weighted by Gasteiger charge is 2.25. The third-order valence-corrected chi connectivity index (χ3v) is 6.18. The number of nitrogens with one attached hydrogen (secondary N) is 1. The first-order chi connectivity index (χ1) is 15.6. The standard InChI is InChI=1S/C23H20FN5O2S/c24-16-5-1-15(2-6-16)20-21(29-11-12-32-23(29)28-20)18-9-10-25-22(27-18)26-13-19(31)14-3-7-17(30)8-4-14/h1-10,19,30-31H,11-13H2,(H,25,26,27). The Morgan fingerprint density at radius 2 is 1.84 bits per heavy atom. The van der Waals surface area contributed by atoms with Crippen molar-refractivity contribution >= 4 is 17.7 Å². The molecule has 1 unspecified atom stereocenters. The van der Waals surface area contributed by atoms with E-state index in [0.29, 0.717) is 17.2 Å². The molecule has 2 aromatic carbocycles. The second-order valence-corrected chi connectivity index (χ2v) is 8.41. The van der Waals surface area contributed by atoms with Gasteiger partial charge in [0.25, 0.3) is 0 Å². The van der Waals surface area contributed by atoms with E-state index in [1.807, 2.05) is 6.07 Å². The summed E-state index contributed by atoms with van der Waals surface area (Å²) >= 11 is 1.68. The van der Waals surface area contributed by atoms with Gasteiger partial charge in [0.1, 0.15) is 11.6 Å². The Bertz CT molecular complexity index is 1240. The number of hydrogen-bond acceptors (Lipinski definition) is 7. The molecule has 3 heterocycles. The van der Waals surface area contributed by atoms with Gasteiger partial charge < -0.3 is 20.1 Å². The highest BCUT2D eigenvalue weighted by Crippen LogP contribution is 2.38. The Labute approximate surface area is 188 Å². The summed E-state index contributed by atoms with van der Waals surface area (Å²) in [6, 6.07) is 14.5. The lowest BCUT2D eigenvalue weighted by Crippen LogP contribution is -2.14. The lowest BCUT2D eigenvalue weighted by Gasteiger charge is -2.13. The second-order valence-electron chi connectivity index (χ2n) is 7.35. The maximum absolute atomic E-state index is 13.4. The van der Waals surface area contributed by atoms with Crippen LogP contribution in [0.5, 0.6) is 5.75 Å². The Kier molecular flexibility index (Phi) is 5.50. The van der Waals surface area contributed by atoms with Gasteiger partial charge in [-0.05, 0) is 48.0 Å². The van der Waals surface area contributed by atoms with Gasteiger partial charge in [-0.15, -0.1) is 0 Å².